The van der Waals surface area contributed by atoms with Gasteiger partial charge in [0.25, 0.3) is 5.92 Å². The summed E-state index contributed by atoms with van der Waals surface area (Å²) in [6, 6.07) is 2.61. The molecule has 3 N–H and O–H groups in total. The van der Waals surface area contributed by atoms with Crippen LogP contribution in [0.15, 0.2) is 17.5 Å². The van der Waals surface area contributed by atoms with Crippen LogP contribution in [0.4, 0.5) is 18.6 Å². The number of nitrogens with zero attached hydrogens (tertiary/aromatic N) is 1. The topological polar surface area (TPSA) is 73.8 Å². The Morgan fingerprint density at radius 2 is 2.39 bits per heavy atom. The number of halogens is 2. The summed E-state index contributed by atoms with van der Waals surface area (Å²) in [5, 5.41) is 18.1. The summed E-state index contributed by atoms with van der Waals surface area (Å²) in [5.41, 5.74) is 0. The van der Waals surface area contributed by atoms with E-state index < -0.39 is 30.2 Å². The molecule has 0 aliphatic carbocycles. The molecule has 0 radical (unpaired) electrons. The molecule has 0 aromatic carbocycles. The molecule has 1 aromatic rings. The molecule has 2 fully saturated rings. The second-order valence-electron chi connectivity index (χ2n) is 5.89. The molecule has 6 nitrogen and oxygen atoms in total. The summed E-state index contributed by atoms with van der Waals surface area (Å²) in [7, 11) is 0. The van der Waals surface area contributed by atoms with Gasteiger partial charge in [0.1, 0.15) is 6.10 Å². The predicted molar refractivity (Wildman–Crippen MR) is 82.0 cm³/mol. The minimum absolute atomic E-state index is 0.161. The lowest BCUT2D eigenvalue weighted by Gasteiger charge is -2.23. The van der Waals surface area contributed by atoms with Crippen LogP contribution >= 0.6 is 11.3 Å². The van der Waals surface area contributed by atoms with Crippen molar-refractivity contribution in [1.82, 2.24) is 10.2 Å². The summed E-state index contributed by atoms with van der Waals surface area (Å²) < 4.78 is 31.8. The highest BCUT2D eigenvalue weighted by Crippen LogP contribution is 2.28. The van der Waals surface area contributed by atoms with Gasteiger partial charge in [-0.15, -0.1) is 11.3 Å². The van der Waals surface area contributed by atoms with Gasteiger partial charge in [0, 0.05) is 19.5 Å². The highest BCUT2D eigenvalue weighted by atomic mass is 32.1. The average molecular weight is 347 g/mol. The number of hydrogen-bond acceptors (Lipinski definition) is 5. The van der Waals surface area contributed by atoms with Crippen molar-refractivity contribution in [2.24, 2.45) is 0 Å². The van der Waals surface area contributed by atoms with E-state index in [1.807, 2.05) is 11.4 Å². The van der Waals surface area contributed by atoms with Crippen molar-refractivity contribution >= 4 is 22.4 Å². The highest BCUT2D eigenvalue weighted by molar-refractivity contribution is 7.14. The summed E-state index contributed by atoms with van der Waals surface area (Å²) in [5.74, 6) is -2.66. The summed E-state index contributed by atoms with van der Waals surface area (Å²) in [4.78, 5) is 13.4. The van der Waals surface area contributed by atoms with Gasteiger partial charge < -0.3 is 15.2 Å². The molecule has 1 aromatic heterocycles. The Kier molecular flexibility index (Phi) is 4.81. The average Bonchev–Trinajstić information content (AvgIpc) is 3.17. The molecular weight excluding hydrogens is 328 g/mol. The van der Waals surface area contributed by atoms with Crippen molar-refractivity contribution in [3.8, 4) is 0 Å². The van der Waals surface area contributed by atoms with E-state index in [1.54, 1.807) is 11.0 Å². The standard InChI is InChI=1S/C14H19F2N3O3S/c15-14(16)3-4-19(8-14)6-10-12(20)9(7-22-10)17-13(21)18-11-2-1-5-23-11/h1-2,5,9-10,12,20H,3-4,6-8H2,(H2,17,18,21). The number of anilines is 1. The normalized spacial score (nSPS) is 30.5. The lowest BCUT2D eigenvalue weighted by atomic mass is 10.1. The molecule has 0 saturated carbocycles. The fraction of sp³-hybridized carbons (Fsp3) is 0.643. The number of ether oxygens (including phenoxy) is 1. The first kappa shape index (κ1) is 16.6. The summed E-state index contributed by atoms with van der Waals surface area (Å²) in [6.45, 7) is 0.377. The second-order valence-corrected chi connectivity index (χ2v) is 6.83. The van der Waals surface area contributed by atoms with E-state index in [4.69, 9.17) is 4.74 Å². The number of rotatable bonds is 4. The molecule has 3 unspecified atom stereocenters. The van der Waals surface area contributed by atoms with Gasteiger partial charge in [-0.2, -0.15) is 0 Å². The molecule has 2 amide bonds. The van der Waals surface area contributed by atoms with E-state index in [-0.39, 0.29) is 32.7 Å². The first-order valence-electron chi connectivity index (χ1n) is 7.44. The SMILES string of the molecule is O=C(Nc1cccs1)NC1COC(CN2CCC(F)(F)C2)C1O. The fourth-order valence-electron chi connectivity index (χ4n) is 2.85. The van der Waals surface area contributed by atoms with Gasteiger partial charge in [-0.3, -0.25) is 10.2 Å². The van der Waals surface area contributed by atoms with Gasteiger partial charge >= 0.3 is 6.03 Å². The van der Waals surface area contributed by atoms with Crippen molar-refractivity contribution in [3.05, 3.63) is 17.5 Å². The Balaban J connectivity index is 1.47. The first-order valence-corrected chi connectivity index (χ1v) is 8.32. The van der Waals surface area contributed by atoms with E-state index in [9.17, 15) is 18.7 Å². The zero-order chi connectivity index (χ0) is 16.4. The maximum Gasteiger partial charge on any atom is 0.320 e. The lowest BCUT2D eigenvalue weighted by Crippen LogP contribution is -2.48. The predicted octanol–water partition coefficient (Wildman–Crippen LogP) is 1.34. The first-order chi connectivity index (χ1) is 10.9. The molecule has 9 heteroatoms. The molecule has 128 valence electrons. The molecule has 23 heavy (non-hydrogen) atoms. The molecular formula is C14H19F2N3O3S. The monoisotopic (exact) mass is 347 g/mol. The Hall–Kier alpha value is -1.29. The third kappa shape index (κ3) is 4.17. The number of likely N-dealkylation sites (tertiary alicyclic amines) is 1. The van der Waals surface area contributed by atoms with Crippen LogP contribution in [0.5, 0.6) is 0 Å². The Labute approximate surface area is 136 Å². The number of amides is 2. The molecule has 3 atom stereocenters. The van der Waals surface area contributed by atoms with E-state index in [1.165, 1.54) is 11.3 Å². The third-order valence-electron chi connectivity index (χ3n) is 4.04. The number of urea groups is 1. The molecule has 2 aliphatic rings. The van der Waals surface area contributed by atoms with Gasteiger partial charge in [-0.05, 0) is 17.5 Å². The van der Waals surface area contributed by atoms with Crippen molar-refractivity contribution in [3.63, 3.8) is 0 Å². The number of thiophene rings is 1. The van der Waals surface area contributed by atoms with Crippen LogP contribution in [0, 0.1) is 0 Å². The van der Waals surface area contributed by atoms with Crippen molar-refractivity contribution in [1.29, 1.82) is 0 Å². The third-order valence-corrected chi connectivity index (χ3v) is 4.83. The van der Waals surface area contributed by atoms with Crippen molar-refractivity contribution < 1.29 is 23.4 Å². The van der Waals surface area contributed by atoms with Crippen LogP contribution in [0.1, 0.15) is 6.42 Å². The number of aliphatic hydroxyl groups excluding tert-OH is 1. The number of hydrogen-bond donors (Lipinski definition) is 3. The summed E-state index contributed by atoms with van der Waals surface area (Å²) in [6.07, 6.45) is -1.66. The minimum Gasteiger partial charge on any atom is -0.388 e. The zero-order valence-corrected chi connectivity index (χ0v) is 13.2. The van der Waals surface area contributed by atoms with Crippen molar-refractivity contribution in [2.45, 2.75) is 30.6 Å². The number of carbonyl (C=O) groups is 1. The molecule has 2 saturated heterocycles. The molecule has 2 aliphatic heterocycles. The molecule has 3 heterocycles. The zero-order valence-electron chi connectivity index (χ0n) is 12.4. The summed E-state index contributed by atoms with van der Waals surface area (Å²) >= 11 is 1.39. The van der Waals surface area contributed by atoms with E-state index in [0.717, 1.165) is 0 Å². The fourth-order valence-corrected chi connectivity index (χ4v) is 3.47. The maximum atomic E-state index is 13.2. The van der Waals surface area contributed by atoms with Crippen LogP contribution in [-0.4, -0.2) is 66.5 Å². The van der Waals surface area contributed by atoms with Gasteiger partial charge in [0.2, 0.25) is 0 Å². The van der Waals surface area contributed by atoms with Crippen LogP contribution in [0.25, 0.3) is 0 Å². The quantitative estimate of drug-likeness (QED) is 0.768. The number of alkyl halides is 2. The molecule has 3 rings (SSSR count). The Bertz CT molecular complexity index is 543. The van der Waals surface area contributed by atoms with Gasteiger partial charge in [0.05, 0.1) is 30.3 Å². The lowest BCUT2D eigenvalue weighted by molar-refractivity contribution is -0.00727. The number of aliphatic hydroxyl groups is 1. The smallest absolute Gasteiger partial charge is 0.320 e. The van der Waals surface area contributed by atoms with Crippen LogP contribution < -0.4 is 10.6 Å². The largest absolute Gasteiger partial charge is 0.388 e. The second kappa shape index (κ2) is 6.68. The van der Waals surface area contributed by atoms with Crippen LogP contribution in [0.3, 0.4) is 0 Å². The van der Waals surface area contributed by atoms with E-state index in [2.05, 4.69) is 10.6 Å². The van der Waals surface area contributed by atoms with Gasteiger partial charge in [0.15, 0.2) is 0 Å². The Morgan fingerprint density at radius 3 is 3.04 bits per heavy atom. The number of nitrogens with one attached hydrogen (secondary N) is 2. The highest BCUT2D eigenvalue weighted by Gasteiger charge is 2.42. The van der Waals surface area contributed by atoms with E-state index in [0.29, 0.717) is 5.00 Å². The molecule has 0 bridgehead atoms. The van der Waals surface area contributed by atoms with Gasteiger partial charge in [-0.25, -0.2) is 13.6 Å². The van der Waals surface area contributed by atoms with Crippen LogP contribution in [-0.2, 0) is 4.74 Å². The van der Waals surface area contributed by atoms with Gasteiger partial charge in [-0.1, -0.05) is 0 Å². The van der Waals surface area contributed by atoms with E-state index >= 15 is 0 Å². The Morgan fingerprint density at radius 1 is 1.57 bits per heavy atom. The van der Waals surface area contributed by atoms with Crippen LogP contribution in [0.2, 0.25) is 0 Å². The number of carbonyl (C=O) groups excluding carboxylic acids is 1. The maximum absolute atomic E-state index is 13.2. The van der Waals surface area contributed by atoms with Crippen molar-refractivity contribution in [2.75, 3.05) is 31.6 Å². The molecule has 0 spiro atoms. The minimum atomic E-state index is -2.66.